The molecule has 1 unspecified atom stereocenters. The Kier molecular flexibility index (Phi) is 44.0. The second kappa shape index (κ2) is 46.5. The van der Waals surface area contributed by atoms with Gasteiger partial charge in [-0.15, -0.1) is 0 Å². The van der Waals surface area contributed by atoms with E-state index in [1.807, 2.05) is 0 Å². The van der Waals surface area contributed by atoms with E-state index in [-0.39, 0.29) is 25.2 Å². The number of hydrogen-bond acceptors (Lipinski definition) is 5. The monoisotopic (exact) mass is 779 g/mol. The first-order valence-corrected chi connectivity index (χ1v) is 23.1. The lowest BCUT2D eigenvalue weighted by Gasteiger charge is -2.18. The summed E-state index contributed by atoms with van der Waals surface area (Å²) in [7, 11) is 0. The van der Waals surface area contributed by atoms with Crippen molar-refractivity contribution in [3.63, 3.8) is 0 Å². The SMILES string of the molecule is CC/C=C\C/C=C\C/C=C\CCCCCCCC(=O)OCC(COCCCCCC/C=C\C/C=C\C/C=C\CC)OC(=O)CCCCCCC/C=C\CCCC. The number of ether oxygens (including phenoxy) is 3. The minimum absolute atomic E-state index is 0.0598. The zero-order valence-electron chi connectivity index (χ0n) is 36.6. The van der Waals surface area contributed by atoms with Gasteiger partial charge in [-0.25, -0.2) is 0 Å². The molecule has 0 heterocycles. The second-order valence-corrected chi connectivity index (χ2v) is 14.9. The van der Waals surface area contributed by atoms with Gasteiger partial charge in [0.15, 0.2) is 6.10 Å². The van der Waals surface area contributed by atoms with Gasteiger partial charge in [0.1, 0.15) is 6.61 Å². The molecule has 0 aromatic heterocycles. The third-order valence-electron chi connectivity index (χ3n) is 9.40. The van der Waals surface area contributed by atoms with Crippen LogP contribution in [0.3, 0.4) is 0 Å². The van der Waals surface area contributed by atoms with Gasteiger partial charge in [-0.1, -0.05) is 170 Å². The molecule has 0 rings (SSSR count). The van der Waals surface area contributed by atoms with Crippen molar-refractivity contribution in [1.29, 1.82) is 0 Å². The Hall–Kier alpha value is -2.92. The average molecular weight is 779 g/mol. The maximum Gasteiger partial charge on any atom is 0.306 e. The fraction of sp³-hybridized carbons (Fsp3) is 0.686. The molecule has 320 valence electrons. The molecule has 0 radical (unpaired) electrons. The van der Waals surface area contributed by atoms with Crippen LogP contribution in [0.2, 0.25) is 0 Å². The van der Waals surface area contributed by atoms with Crippen LogP contribution in [0.4, 0.5) is 0 Å². The first-order valence-electron chi connectivity index (χ1n) is 23.1. The summed E-state index contributed by atoms with van der Waals surface area (Å²) >= 11 is 0. The standard InChI is InChI=1S/C51H86O5/c1-4-7-10-13-16-19-22-24-26-27-30-32-35-38-41-44-50(52)55-48-49(56-51(53)45-42-39-36-33-29-21-18-15-12-9-6-3)47-54-46-43-40-37-34-31-28-25-23-20-17-14-11-8-5-2/h7-8,10-11,15-20,24-26,28,49H,4-6,9,12-14,21-23,27,29-48H2,1-3H3/b10-7-,11-8-,18-15-,19-16-,20-17-,26-24-,28-25-. The lowest BCUT2D eigenvalue weighted by atomic mass is 10.1. The molecule has 0 aliphatic carbocycles. The molecule has 0 aliphatic heterocycles. The molecule has 0 bridgehead atoms. The zero-order chi connectivity index (χ0) is 40.7. The lowest BCUT2D eigenvalue weighted by molar-refractivity contribution is -0.163. The lowest BCUT2D eigenvalue weighted by Crippen LogP contribution is -2.30. The summed E-state index contributed by atoms with van der Waals surface area (Å²) in [6.45, 7) is 7.48. The highest BCUT2D eigenvalue weighted by Gasteiger charge is 2.17. The zero-order valence-corrected chi connectivity index (χ0v) is 36.6. The van der Waals surface area contributed by atoms with Gasteiger partial charge in [0.05, 0.1) is 6.61 Å². The molecule has 0 fully saturated rings. The summed E-state index contributed by atoms with van der Waals surface area (Å²) in [5, 5.41) is 0. The van der Waals surface area contributed by atoms with Crippen LogP contribution in [0.5, 0.6) is 0 Å². The number of hydrogen-bond donors (Lipinski definition) is 0. The molecular formula is C51H86O5. The quantitative estimate of drug-likeness (QED) is 0.0351. The van der Waals surface area contributed by atoms with Gasteiger partial charge < -0.3 is 14.2 Å². The predicted octanol–water partition coefficient (Wildman–Crippen LogP) is 15.3. The highest BCUT2D eigenvalue weighted by atomic mass is 16.6. The number of esters is 2. The Morgan fingerprint density at radius 2 is 0.804 bits per heavy atom. The number of carbonyl (C=O) groups excluding carboxylic acids is 2. The van der Waals surface area contributed by atoms with E-state index in [0.29, 0.717) is 19.4 Å². The van der Waals surface area contributed by atoms with Crippen LogP contribution < -0.4 is 0 Å². The van der Waals surface area contributed by atoms with Gasteiger partial charge in [-0.05, 0) is 103 Å². The van der Waals surface area contributed by atoms with E-state index in [4.69, 9.17) is 14.2 Å². The van der Waals surface area contributed by atoms with Crippen molar-refractivity contribution in [2.45, 2.75) is 207 Å². The molecule has 5 nitrogen and oxygen atoms in total. The molecule has 0 aromatic rings. The Balaban J connectivity index is 4.34. The van der Waals surface area contributed by atoms with Crippen LogP contribution in [-0.4, -0.2) is 37.9 Å². The summed E-state index contributed by atoms with van der Waals surface area (Å²) in [4.78, 5) is 25.2. The molecule has 0 saturated carbocycles. The van der Waals surface area contributed by atoms with Gasteiger partial charge in [0.25, 0.3) is 0 Å². The van der Waals surface area contributed by atoms with E-state index in [1.165, 1.54) is 57.8 Å². The largest absolute Gasteiger partial charge is 0.462 e. The molecular weight excluding hydrogens is 693 g/mol. The Morgan fingerprint density at radius 1 is 0.411 bits per heavy atom. The van der Waals surface area contributed by atoms with Gasteiger partial charge in [0.2, 0.25) is 0 Å². The van der Waals surface area contributed by atoms with Crippen LogP contribution in [-0.2, 0) is 23.8 Å². The average Bonchev–Trinajstić information content (AvgIpc) is 3.20. The summed E-state index contributed by atoms with van der Waals surface area (Å²) in [5.74, 6) is -0.446. The van der Waals surface area contributed by atoms with Gasteiger partial charge in [0, 0.05) is 19.4 Å². The number of carbonyl (C=O) groups is 2. The van der Waals surface area contributed by atoms with Crippen LogP contribution in [0.1, 0.15) is 201 Å². The van der Waals surface area contributed by atoms with Crippen LogP contribution in [0.25, 0.3) is 0 Å². The number of allylic oxidation sites excluding steroid dienone is 14. The predicted molar refractivity (Wildman–Crippen MR) is 242 cm³/mol. The van der Waals surface area contributed by atoms with Gasteiger partial charge in [-0.3, -0.25) is 9.59 Å². The number of rotatable bonds is 41. The summed E-state index contributed by atoms with van der Waals surface area (Å²) < 4.78 is 17.3. The molecule has 56 heavy (non-hydrogen) atoms. The van der Waals surface area contributed by atoms with Crippen LogP contribution >= 0.6 is 0 Å². The van der Waals surface area contributed by atoms with E-state index >= 15 is 0 Å². The van der Waals surface area contributed by atoms with Gasteiger partial charge in [-0.2, -0.15) is 0 Å². The summed E-state index contributed by atoms with van der Waals surface area (Å²) in [6, 6.07) is 0. The van der Waals surface area contributed by atoms with Crippen molar-refractivity contribution in [3.8, 4) is 0 Å². The van der Waals surface area contributed by atoms with Crippen LogP contribution in [0.15, 0.2) is 85.1 Å². The summed E-state index contributed by atoms with van der Waals surface area (Å²) in [6.07, 6.45) is 60.1. The second-order valence-electron chi connectivity index (χ2n) is 14.9. The van der Waals surface area contributed by atoms with E-state index in [0.717, 1.165) is 109 Å². The van der Waals surface area contributed by atoms with Gasteiger partial charge >= 0.3 is 11.9 Å². The van der Waals surface area contributed by atoms with E-state index in [1.54, 1.807) is 0 Å². The first kappa shape index (κ1) is 53.1. The minimum Gasteiger partial charge on any atom is -0.462 e. The maximum atomic E-state index is 12.7. The van der Waals surface area contributed by atoms with E-state index in [2.05, 4.69) is 106 Å². The normalized spacial score (nSPS) is 13.0. The van der Waals surface area contributed by atoms with Crippen molar-refractivity contribution in [2.24, 2.45) is 0 Å². The highest BCUT2D eigenvalue weighted by molar-refractivity contribution is 5.70. The molecule has 1 atom stereocenters. The first-order chi connectivity index (χ1) is 27.6. The Bertz CT molecular complexity index is 1060. The molecule has 0 saturated heterocycles. The topological polar surface area (TPSA) is 61.8 Å². The summed E-state index contributed by atoms with van der Waals surface area (Å²) in [5.41, 5.74) is 0. The molecule has 0 aliphatic rings. The Morgan fingerprint density at radius 3 is 1.30 bits per heavy atom. The van der Waals surface area contributed by atoms with Crippen LogP contribution in [0, 0.1) is 0 Å². The van der Waals surface area contributed by atoms with Crippen molar-refractivity contribution < 1.29 is 23.8 Å². The van der Waals surface area contributed by atoms with Crippen molar-refractivity contribution in [1.82, 2.24) is 0 Å². The Labute approximate surface area is 346 Å². The molecule has 0 N–H and O–H groups in total. The molecule has 5 heteroatoms. The third kappa shape index (κ3) is 43.8. The third-order valence-corrected chi connectivity index (χ3v) is 9.40. The fourth-order valence-electron chi connectivity index (χ4n) is 5.99. The van der Waals surface area contributed by atoms with Crippen molar-refractivity contribution >= 4 is 11.9 Å². The fourth-order valence-corrected chi connectivity index (χ4v) is 5.99. The smallest absolute Gasteiger partial charge is 0.306 e. The molecule has 0 amide bonds. The maximum absolute atomic E-state index is 12.7. The highest BCUT2D eigenvalue weighted by Crippen LogP contribution is 2.12. The number of unbranched alkanes of at least 4 members (excludes halogenated alkanes) is 16. The van der Waals surface area contributed by atoms with E-state index in [9.17, 15) is 9.59 Å². The van der Waals surface area contributed by atoms with Crippen molar-refractivity contribution in [2.75, 3.05) is 19.8 Å². The van der Waals surface area contributed by atoms with Crippen molar-refractivity contribution in [3.05, 3.63) is 85.1 Å². The minimum atomic E-state index is -0.561. The molecule has 0 aromatic carbocycles. The molecule has 0 spiro atoms. The van der Waals surface area contributed by atoms with E-state index < -0.39 is 6.10 Å².